The van der Waals surface area contributed by atoms with Crippen molar-refractivity contribution in [2.24, 2.45) is 0 Å². The quantitative estimate of drug-likeness (QED) is 0.446. The average molecular weight is 446 g/mol. The van der Waals surface area contributed by atoms with Crippen LogP contribution in [-0.2, 0) is 24.3 Å². The first-order valence-corrected chi connectivity index (χ1v) is 10.7. The highest BCUT2D eigenvalue weighted by Gasteiger charge is 2.22. The average Bonchev–Trinajstić information content (AvgIpc) is 2.80. The number of fused-ring (bicyclic) bond motifs is 2. The fourth-order valence-corrected chi connectivity index (χ4v) is 4.27. The molecular formula is C24H23FN6O2. The summed E-state index contributed by atoms with van der Waals surface area (Å²) in [6, 6.07) is 6.81. The van der Waals surface area contributed by atoms with Crippen LogP contribution in [0.25, 0.3) is 16.8 Å². The van der Waals surface area contributed by atoms with E-state index in [4.69, 9.17) is 4.74 Å². The second-order valence-corrected chi connectivity index (χ2v) is 8.26. The van der Waals surface area contributed by atoms with E-state index >= 15 is 0 Å². The molecule has 1 aliphatic heterocycles. The number of pyridine rings is 2. The van der Waals surface area contributed by atoms with Gasteiger partial charge in [0.05, 0.1) is 12.3 Å². The van der Waals surface area contributed by atoms with Crippen LogP contribution in [0.15, 0.2) is 41.5 Å². The summed E-state index contributed by atoms with van der Waals surface area (Å²) in [6.45, 7) is 5.45. The molecule has 0 saturated carbocycles. The number of rotatable bonds is 4. The Bertz CT molecular complexity index is 1430. The van der Waals surface area contributed by atoms with Gasteiger partial charge in [0.25, 0.3) is 5.56 Å². The third kappa shape index (κ3) is 3.95. The van der Waals surface area contributed by atoms with E-state index in [1.807, 2.05) is 19.9 Å². The predicted molar refractivity (Wildman–Crippen MR) is 122 cm³/mol. The second kappa shape index (κ2) is 8.32. The van der Waals surface area contributed by atoms with E-state index in [-0.39, 0.29) is 12.2 Å². The van der Waals surface area contributed by atoms with E-state index in [0.717, 1.165) is 52.3 Å². The largest absolute Gasteiger partial charge is 0.378 e. The van der Waals surface area contributed by atoms with Crippen LogP contribution in [0.4, 0.5) is 10.2 Å². The lowest BCUT2D eigenvalue weighted by atomic mass is 9.98. The van der Waals surface area contributed by atoms with Crippen molar-refractivity contribution in [3.8, 4) is 11.1 Å². The van der Waals surface area contributed by atoms with E-state index in [2.05, 4.69) is 31.0 Å². The van der Waals surface area contributed by atoms with Gasteiger partial charge in [0, 0.05) is 62.4 Å². The van der Waals surface area contributed by atoms with Crippen LogP contribution in [-0.4, -0.2) is 38.2 Å². The first kappa shape index (κ1) is 21.1. The lowest BCUT2D eigenvalue weighted by molar-refractivity contribution is 0.181. The van der Waals surface area contributed by atoms with Gasteiger partial charge < -0.3 is 9.64 Å². The predicted octanol–water partition coefficient (Wildman–Crippen LogP) is 3.01. The third-order valence-electron chi connectivity index (χ3n) is 5.88. The number of aryl methyl sites for hydroxylation is 2. The number of ether oxygens (including phenoxy) is 1. The molecule has 1 aliphatic rings. The van der Waals surface area contributed by atoms with Crippen molar-refractivity contribution < 1.29 is 9.13 Å². The molecule has 168 valence electrons. The monoisotopic (exact) mass is 446 g/mol. The molecule has 4 aromatic rings. The normalized spacial score (nSPS) is 13.4. The summed E-state index contributed by atoms with van der Waals surface area (Å²) in [4.78, 5) is 27.6. The highest BCUT2D eigenvalue weighted by atomic mass is 19.1. The molecule has 0 spiro atoms. The summed E-state index contributed by atoms with van der Waals surface area (Å²) in [6.07, 6.45) is 4.07. The molecule has 0 atom stereocenters. The van der Waals surface area contributed by atoms with E-state index in [1.165, 1.54) is 22.8 Å². The van der Waals surface area contributed by atoms with Crippen LogP contribution < -0.4 is 10.5 Å². The molecular weight excluding hydrogens is 423 g/mol. The van der Waals surface area contributed by atoms with Gasteiger partial charge in [0.15, 0.2) is 11.5 Å². The number of halogens is 1. The minimum absolute atomic E-state index is 0.246. The molecule has 0 bridgehead atoms. The van der Waals surface area contributed by atoms with Crippen LogP contribution in [0, 0.1) is 19.8 Å². The maximum atomic E-state index is 13.7. The molecule has 9 heteroatoms. The van der Waals surface area contributed by atoms with E-state index in [0.29, 0.717) is 17.9 Å². The zero-order valence-electron chi connectivity index (χ0n) is 18.7. The molecule has 0 aliphatic carbocycles. The number of hydrogen-bond acceptors (Lipinski definition) is 7. The van der Waals surface area contributed by atoms with Crippen LogP contribution in [0.5, 0.6) is 0 Å². The fraction of sp³-hybridized carbons (Fsp3) is 0.292. The van der Waals surface area contributed by atoms with Gasteiger partial charge in [-0.05, 0) is 48.2 Å². The van der Waals surface area contributed by atoms with E-state index in [9.17, 15) is 9.18 Å². The summed E-state index contributed by atoms with van der Waals surface area (Å²) in [5.74, 6) is 0.215. The van der Waals surface area contributed by atoms with Gasteiger partial charge >= 0.3 is 0 Å². The first-order valence-electron chi connectivity index (χ1n) is 10.7. The molecule has 5 rings (SSSR count). The fourth-order valence-electron chi connectivity index (χ4n) is 4.27. The highest BCUT2D eigenvalue weighted by molar-refractivity contribution is 5.67. The zero-order valence-corrected chi connectivity index (χ0v) is 18.7. The second-order valence-electron chi connectivity index (χ2n) is 8.26. The molecule has 0 radical (unpaired) electrons. The summed E-state index contributed by atoms with van der Waals surface area (Å²) in [5, 5.41) is 4.63. The molecule has 0 amide bonds. The van der Waals surface area contributed by atoms with Crippen molar-refractivity contribution >= 4 is 11.5 Å². The summed E-state index contributed by atoms with van der Waals surface area (Å²) < 4.78 is 20.2. The Morgan fingerprint density at radius 1 is 1.09 bits per heavy atom. The third-order valence-corrected chi connectivity index (χ3v) is 5.88. The summed E-state index contributed by atoms with van der Waals surface area (Å²) >= 11 is 0. The van der Waals surface area contributed by atoms with Gasteiger partial charge in [-0.15, -0.1) is 5.10 Å². The van der Waals surface area contributed by atoms with Crippen molar-refractivity contribution in [2.45, 2.75) is 33.4 Å². The van der Waals surface area contributed by atoms with Gasteiger partial charge in [0.2, 0.25) is 5.95 Å². The Labute approximate surface area is 189 Å². The van der Waals surface area contributed by atoms with Crippen LogP contribution >= 0.6 is 0 Å². The van der Waals surface area contributed by atoms with E-state index in [1.54, 1.807) is 13.3 Å². The van der Waals surface area contributed by atoms with Crippen LogP contribution in [0.1, 0.15) is 28.1 Å². The molecule has 0 saturated heterocycles. The van der Waals surface area contributed by atoms with Gasteiger partial charge in [0.1, 0.15) is 0 Å². The van der Waals surface area contributed by atoms with Crippen molar-refractivity contribution in [3.63, 3.8) is 0 Å². The van der Waals surface area contributed by atoms with Gasteiger partial charge in [-0.2, -0.15) is 8.91 Å². The number of aromatic nitrogens is 5. The molecule has 5 heterocycles. The van der Waals surface area contributed by atoms with Crippen molar-refractivity contribution in [1.29, 1.82) is 0 Å². The minimum Gasteiger partial charge on any atom is -0.378 e. The molecule has 0 unspecified atom stereocenters. The number of anilines is 1. The Kier molecular flexibility index (Phi) is 5.33. The van der Waals surface area contributed by atoms with Crippen molar-refractivity contribution in [2.75, 3.05) is 18.6 Å². The molecule has 33 heavy (non-hydrogen) atoms. The number of hydrogen-bond donors (Lipinski definition) is 0. The van der Waals surface area contributed by atoms with Gasteiger partial charge in [-0.25, -0.2) is 9.97 Å². The van der Waals surface area contributed by atoms with E-state index < -0.39 is 5.95 Å². The summed E-state index contributed by atoms with van der Waals surface area (Å²) in [5.41, 5.74) is 6.33. The topological polar surface area (TPSA) is 85.5 Å². The summed E-state index contributed by atoms with van der Waals surface area (Å²) in [7, 11) is 1.57. The Balaban J connectivity index is 1.51. The number of methoxy groups -OCH3 is 1. The first-order chi connectivity index (χ1) is 15.9. The zero-order chi connectivity index (χ0) is 23.1. The Morgan fingerprint density at radius 2 is 1.94 bits per heavy atom. The standard InChI is InChI=1S/C24H23FN6O2/c1-14-6-22-28-18(13-33-3)8-23(32)31(22)29-24(14)30-5-4-20-17(12-30)7-16(11-26-20)19-9-21(25)27-10-15(19)2/h6-11H,4-5,12-13H2,1-3H3. The molecule has 0 fully saturated rings. The minimum atomic E-state index is -0.515. The SMILES string of the molecule is COCc1cc(=O)n2nc(N3CCc4ncc(-c5cc(F)ncc5C)cc4C3)c(C)cc2n1. The molecule has 8 nitrogen and oxygen atoms in total. The molecule has 0 N–H and O–H groups in total. The lowest BCUT2D eigenvalue weighted by Gasteiger charge is -2.30. The van der Waals surface area contributed by atoms with Crippen molar-refractivity contribution in [1.82, 2.24) is 24.6 Å². The molecule has 4 aromatic heterocycles. The molecule has 0 aromatic carbocycles. The smallest absolute Gasteiger partial charge is 0.274 e. The Hall–Kier alpha value is -3.72. The number of nitrogens with zero attached hydrogens (tertiary/aromatic N) is 6. The highest BCUT2D eigenvalue weighted by Crippen LogP contribution is 2.29. The van der Waals surface area contributed by atoms with Crippen LogP contribution in [0.2, 0.25) is 0 Å². The maximum Gasteiger partial charge on any atom is 0.274 e. The van der Waals surface area contributed by atoms with Crippen LogP contribution in [0.3, 0.4) is 0 Å². The van der Waals surface area contributed by atoms with Gasteiger partial charge in [-0.3, -0.25) is 9.78 Å². The Morgan fingerprint density at radius 3 is 2.76 bits per heavy atom. The lowest BCUT2D eigenvalue weighted by Crippen LogP contribution is -2.33. The van der Waals surface area contributed by atoms with Gasteiger partial charge in [-0.1, -0.05) is 0 Å². The van der Waals surface area contributed by atoms with Crippen molar-refractivity contribution in [3.05, 3.63) is 81.0 Å². The maximum absolute atomic E-state index is 13.7.